The van der Waals surface area contributed by atoms with Crippen molar-refractivity contribution in [2.75, 3.05) is 6.54 Å². The van der Waals surface area contributed by atoms with Gasteiger partial charge in [-0.1, -0.05) is 39.0 Å². The molecule has 2 saturated carbocycles. The van der Waals surface area contributed by atoms with Crippen LogP contribution in [0.1, 0.15) is 64.7 Å². The number of rotatable bonds is 4. The number of nitrogens with two attached hydrogens (primary N) is 1. The van der Waals surface area contributed by atoms with Crippen LogP contribution in [0.25, 0.3) is 0 Å². The first-order valence-corrected chi connectivity index (χ1v) is 7.16. The fourth-order valence-electron chi connectivity index (χ4n) is 3.46. The van der Waals surface area contributed by atoms with E-state index in [0.29, 0.717) is 6.10 Å². The second-order valence-corrected chi connectivity index (χ2v) is 5.77. The lowest BCUT2D eigenvalue weighted by atomic mass is 9.85. The Labute approximate surface area is 99.9 Å². The molecule has 0 spiro atoms. The Hall–Kier alpha value is -0.0800. The van der Waals surface area contributed by atoms with Gasteiger partial charge in [-0.15, -0.1) is 0 Å². The van der Waals surface area contributed by atoms with Crippen molar-refractivity contribution < 1.29 is 4.74 Å². The highest BCUT2D eigenvalue weighted by Crippen LogP contribution is 2.37. The lowest BCUT2D eigenvalue weighted by molar-refractivity contribution is -0.103. The third-order valence-electron chi connectivity index (χ3n) is 4.62. The van der Waals surface area contributed by atoms with Crippen LogP contribution < -0.4 is 5.73 Å². The molecule has 0 aliphatic heterocycles. The molecule has 0 amide bonds. The molecule has 2 aliphatic rings. The van der Waals surface area contributed by atoms with Crippen LogP contribution in [-0.2, 0) is 4.74 Å². The quantitative estimate of drug-likeness (QED) is 0.797. The van der Waals surface area contributed by atoms with Crippen LogP contribution in [0.2, 0.25) is 0 Å². The van der Waals surface area contributed by atoms with Crippen LogP contribution in [0.15, 0.2) is 0 Å². The van der Waals surface area contributed by atoms with Gasteiger partial charge in [-0.3, -0.25) is 0 Å². The minimum atomic E-state index is 0.0559. The first-order valence-electron chi connectivity index (χ1n) is 7.16. The molecule has 0 aromatic heterocycles. The Bertz CT molecular complexity index is 211. The highest BCUT2D eigenvalue weighted by Gasteiger charge is 2.36. The minimum Gasteiger partial charge on any atom is -0.370 e. The van der Waals surface area contributed by atoms with Gasteiger partial charge in [-0.05, 0) is 31.6 Å². The van der Waals surface area contributed by atoms with Gasteiger partial charge in [0, 0.05) is 6.54 Å². The molecule has 0 radical (unpaired) electrons. The van der Waals surface area contributed by atoms with Crippen LogP contribution in [0.4, 0.5) is 0 Å². The van der Waals surface area contributed by atoms with E-state index >= 15 is 0 Å². The Balaban J connectivity index is 1.87. The summed E-state index contributed by atoms with van der Waals surface area (Å²) in [6.45, 7) is 3.03. The zero-order valence-electron chi connectivity index (χ0n) is 10.7. The van der Waals surface area contributed by atoms with Crippen molar-refractivity contribution in [2.45, 2.75) is 76.4 Å². The molecule has 0 aromatic carbocycles. The summed E-state index contributed by atoms with van der Waals surface area (Å²) in [5.41, 5.74) is 5.98. The van der Waals surface area contributed by atoms with E-state index in [1.165, 1.54) is 57.8 Å². The maximum Gasteiger partial charge on any atom is 0.0807 e. The van der Waals surface area contributed by atoms with Gasteiger partial charge < -0.3 is 10.5 Å². The van der Waals surface area contributed by atoms with Gasteiger partial charge in [0.05, 0.1) is 11.7 Å². The van der Waals surface area contributed by atoms with Crippen molar-refractivity contribution >= 4 is 0 Å². The molecule has 0 bridgehead atoms. The molecule has 2 unspecified atom stereocenters. The molecule has 2 aliphatic carbocycles. The van der Waals surface area contributed by atoms with Crippen molar-refractivity contribution in [2.24, 2.45) is 11.7 Å². The van der Waals surface area contributed by atoms with E-state index in [-0.39, 0.29) is 5.60 Å². The summed E-state index contributed by atoms with van der Waals surface area (Å²) in [7, 11) is 0. The zero-order valence-corrected chi connectivity index (χ0v) is 10.7. The Morgan fingerprint density at radius 2 is 1.94 bits per heavy atom. The number of ether oxygens (including phenoxy) is 1. The summed E-state index contributed by atoms with van der Waals surface area (Å²) in [5, 5.41) is 0. The second kappa shape index (κ2) is 5.50. The van der Waals surface area contributed by atoms with Crippen molar-refractivity contribution in [1.82, 2.24) is 0 Å². The van der Waals surface area contributed by atoms with Crippen molar-refractivity contribution in [3.63, 3.8) is 0 Å². The average molecular weight is 225 g/mol. The minimum absolute atomic E-state index is 0.0559. The molecular formula is C14H27NO. The molecular weight excluding hydrogens is 198 g/mol. The fraction of sp³-hybridized carbons (Fsp3) is 1.00. The van der Waals surface area contributed by atoms with Gasteiger partial charge in [0.25, 0.3) is 0 Å². The summed E-state index contributed by atoms with van der Waals surface area (Å²) >= 11 is 0. The summed E-state index contributed by atoms with van der Waals surface area (Å²) in [6.07, 6.45) is 12.1. The molecule has 2 heteroatoms. The van der Waals surface area contributed by atoms with E-state index in [1.807, 2.05) is 0 Å². The van der Waals surface area contributed by atoms with E-state index in [0.717, 1.165) is 12.5 Å². The molecule has 2 N–H and O–H groups in total. The van der Waals surface area contributed by atoms with Gasteiger partial charge in [0.15, 0.2) is 0 Å². The normalized spacial score (nSPS) is 34.1. The maximum absolute atomic E-state index is 6.40. The van der Waals surface area contributed by atoms with Crippen LogP contribution in [0, 0.1) is 5.92 Å². The summed E-state index contributed by atoms with van der Waals surface area (Å²) in [6, 6.07) is 0. The topological polar surface area (TPSA) is 35.2 Å². The third-order valence-corrected chi connectivity index (χ3v) is 4.62. The molecule has 0 aromatic rings. The molecule has 2 fully saturated rings. The first-order chi connectivity index (χ1) is 7.78. The van der Waals surface area contributed by atoms with Gasteiger partial charge in [0.2, 0.25) is 0 Å². The fourth-order valence-corrected chi connectivity index (χ4v) is 3.46. The summed E-state index contributed by atoms with van der Waals surface area (Å²) < 4.78 is 6.40. The molecule has 2 atom stereocenters. The predicted molar refractivity (Wildman–Crippen MR) is 67.4 cm³/mol. The van der Waals surface area contributed by atoms with Gasteiger partial charge in [-0.2, -0.15) is 0 Å². The average Bonchev–Trinajstić information content (AvgIpc) is 2.78. The molecule has 2 rings (SSSR count). The van der Waals surface area contributed by atoms with Gasteiger partial charge in [0.1, 0.15) is 0 Å². The standard InChI is InChI=1S/C14H27NO/c1-2-12-6-5-7-13(10-12)16-14(11-15)8-3-4-9-14/h12-13H,2-11,15H2,1H3. The van der Waals surface area contributed by atoms with Gasteiger partial charge in [-0.25, -0.2) is 0 Å². The second-order valence-electron chi connectivity index (χ2n) is 5.77. The Kier molecular flexibility index (Phi) is 4.26. The van der Waals surface area contributed by atoms with E-state index in [9.17, 15) is 0 Å². The largest absolute Gasteiger partial charge is 0.370 e. The lowest BCUT2D eigenvalue weighted by Gasteiger charge is -2.37. The zero-order chi connectivity index (χ0) is 11.4. The first kappa shape index (κ1) is 12.4. The van der Waals surface area contributed by atoms with E-state index in [1.54, 1.807) is 0 Å². The molecule has 0 saturated heterocycles. The SMILES string of the molecule is CCC1CCCC(OC2(CN)CCCC2)C1. The molecule has 94 valence electrons. The monoisotopic (exact) mass is 225 g/mol. The Morgan fingerprint density at radius 1 is 1.19 bits per heavy atom. The van der Waals surface area contributed by atoms with Crippen molar-refractivity contribution in [3.8, 4) is 0 Å². The Morgan fingerprint density at radius 3 is 2.56 bits per heavy atom. The maximum atomic E-state index is 6.40. The highest BCUT2D eigenvalue weighted by atomic mass is 16.5. The van der Waals surface area contributed by atoms with Crippen molar-refractivity contribution in [1.29, 1.82) is 0 Å². The predicted octanol–water partition coefficient (Wildman–Crippen LogP) is 3.24. The third kappa shape index (κ3) is 2.78. The van der Waals surface area contributed by atoms with E-state index in [4.69, 9.17) is 10.5 Å². The van der Waals surface area contributed by atoms with E-state index in [2.05, 4.69) is 6.92 Å². The summed E-state index contributed by atoms with van der Waals surface area (Å²) in [4.78, 5) is 0. The van der Waals surface area contributed by atoms with E-state index < -0.39 is 0 Å². The molecule has 2 nitrogen and oxygen atoms in total. The van der Waals surface area contributed by atoms with Crippen LogP contribution in [0.3, 0.4) is 0 Å². The van der Waals surface area contributed by atoms with Crippen LogP contribution in [-0.4, -0.2) is 18.2 Å². The molecule has 16 heavy (non-hydrogen) atoms. The summed E-state index contributed by atoms with van der Waals surface area (Å²) in [5.74, 6) is 0.898. The number of hydrogen-bond donors (Lipinski definition) is 1. The lowest BCUT2D eigenvalue weighted by Crippen LogP contribution is -2.42. The van der Waals surface area contributed by atoms with Crippen molar-refractivity contribution in [3.05, 3.63) is 0 Å². The van der Waals surface area contributed by atoms with Gasteiger partial charge >= 0.3 is 0 Å². The highest BCUT2D eigenvalue weighted by molar-refractivity contribution is 4.89. The van der Waals surface area contributed by atoms with Crippen LogP contribution >= 0.6 is 0 Å². The smallest absolute Gasteiger partial charge is 0.0807 e. The molecule has 0 heterocycles. The van der Waals surface area contributed by atoms with Crippen LogP contribution in [0.5, 0.6) is 0 Å². The number of hydrogen-bond acceptors (Lipinski definition) is 2.